The molecule has 0 bridgehead atoms. The number of piperidine rings is 1. The number of alkyl halides is 3. The molecule has 1 heterocycles. The van der Waals surface area contributed by atoms with Gasteiger partial charge in [-0.15, -0.1) is 0 Å². The summed E-state index contributed by atoms with van der Waals surface area (Å²) in [5.41, 5.74) is 2.42. The van der Waals surface area contributed by atoms with E-state index in [1.165, 1.54) is 23.3 Å². The summed E-state index contributed by atoms with van der Waals surface area (Å²) >= 11 is 0. The minimum Gasteiger partial charge on any atom is -0.497 e. The van der Waals surface area contributed by atoms with Crippen LogP contribution in [0.15, 0.2) is 42.5 Å². The highest BCUT2D eigenvalue weighted by Crippen LogP contribution is 2.32. The number of fused-ring (bicyclic) bond motifs is 1. The number of rotatable bonds is 6. The first-order valence-corrected chi connectivity index (χ1v) is 12.4. The van der Waals surface area contributed by atoms with Gasteiger partial charge in [-0.25, -0.2) is 4.79 Å². The van der Waals surface area contributed by atoms with Gasteiger partial charge in [0.2, 0.25) is 0 Å². The third kappa shape index (κ3) is 6.10. The van der Waals surface area contributed by atoms with Gasteiger partial charge < -0.3 is 15.0 Å². The van der Waals surface area contributed by atoms with Gasteiger partial charge in [0.05, 0.1) is 12.7 Å². The molecule has 5 nitrogen and oxygen atoms in total. The molecule has 35 heavy (non-hydrogen) atoms. The Labute approximate surface area is 205 Å². The van der Waals surface area contributed by atoms with Crippen LogP contribution in [-0.2, 0) is 19.0 Å². The Hall–Kier alpha value is -2.74. The molecule has 2 aromatic carbocycles. The van der Waals surface area contributed by atoms with Crippen LogP contribution >= 0.6 is 0 Å². The average molecular weight is 490 g/mol. The Morgan fingerprint density at radius 1 is 1.06 bits per heavy atom. The Bertz CT molecular complexity index is 1000. The highest BCUT2D eigenvalue weighted by atomic mass is 19.4. The largest absolute Gasteiger partial charge is 0.497 e. The van der Waals surface area contributed by atoms with Crippen molar-refractivity contribution in [2.75, 3.05) is 32.1 Å². The van der Waals surface area contributed by atoms with Gasteiger partial charge in [-0.1, -0.05) is 13.0 Å². The molecule has 1 unspecified atom stereocenters. The van der Waals surface area contributed by atoms with Crippen molar-refractivity contribution in [3.05, 3.63) is 59.2 Å². The van der Waals surface area contributed by atoms with E-state index in [9.17, 15) is 18.0 Å². The van der Waals surface area contributed by atoms with Crippen molar-refractivity contribution in [2.45, 2.75) is 63.7 Å². The Kier molecular flexibility index (Phi) is 7.89. The molecule has 0 aromatic heterocycles. The minimum atomic E-state index is -4.39. The lowest BCUT2D eigenvalue weighted by Crippen LogP contribution is -2.52. The normalized spacial score (nSPS) is 18.9. The number of nitrogens with zero attached hydrogens (tertiary/aromatic N) is 2. The number of aryl methyl sites for hydroxylation is 1. The van der Waals surface area contributed by atoms with Crippen LogP contribution in [0.3, 0.4) is 0 Å². The highest BCUT2D eigenvalue weighted by Gasteiger charge is 2.33. The van der Waals surface area contributed by atoms with E-state index >= 15 is 0 Å². The molecule has 1 N–H and O–H groups in total. The first-order chi connectivity index (χ1) is 16.8. The van der Waals surface area contributed by atoms with E-state index < -0.39 is 11.7 Å². The quantitative estimate of drug-likeness (QED) is 0.543. The maximum atomic E-state index is 12.8. The number of carbonyl (C=O) groups excluding carboxylic acids is 1. The molecule has 0 radical (unpaired) electrons. The lowest BCUT2D eigenvalue weighted by atomic mass is 9.86. The molecular weight excluding hydrogens is 455 g/mol. The number of methoxy groups -OCH3 is 1. The molecule has 1 saturated heterocycles. The summed E-state index contributed by atoms with van der Waals surface area (Å²) in [7, 11) is 1.70. The number of nitrogens with one attached hydrogen (secondary N) is 1. The number of anilines is 1. The highest BCUT2D eigenvalue weighted by molar-refractivity contribution is 5.89. The molecule has 0 saturated carbocycles. The van der Waals surface area contributed by atoms with Crippen LogP contribution in [-0.4, -0.2) is 54.7 Å². The molecule has 2 amide bonds. The Morgan fingerprint density at radius 2 is 1.77 bits per heavy atom. The summed E-state index contributed by atoms with van der Waals surface area (Å²) in [6, 6.07) is 11.6. The predicted octanol–water partition coefficient (Wildman–Crippen LogP) is 5.98. The number of ether oxygens (including phenoxy) is 1. The fraction of sp³-hybridized carbons (Fsp3) is 0.519. The summed E-state index contributed by atoms with van der Waals surface area (Å²) < 4.78 is 43.7. The number of amides is 2. The van der Waals surface area contributed by atoms with Crippen molar-refractivity contribution in [3.8, 4) is 5.75 Å². The first-order valence-electron chi connectivity index (χ1n) is 12.4. The summed E-state index contributed by atoms with van der Waals surface area (Å²) in [6.07, 6.45) is 1.69. The Balaban J connectivity index is 1.34. The van der Waals surface area contributed by atoms with E-state index in [0.29, 0.717) is 30.9 Å². The lowest BCUT2D eigenvalue weighted by molar-refractivity contribution is -0.137. The van der Waals surface area contributed by atoms with Crippen LogP contribution in [0.2, 0.25) is 0 Å². The molecule has 190 valence electrons. The van der Waals surface area contributed by atoms with E-state index in [0.717, 1.165) is 63.0 Å². The number of hydrogen-bond acceptors (Lipinski definition) is 3. The van der Waals surface area contributed by atoms with Gasteiger partial charge in [-0.2, -0.15) is 13.2 Å². The second-order valence-corrected chi connectivity index (χ2v) is 9.49. The second-order valence-electron chi connectivity index (χ2n) is 9.49. The third-order valence-electron chi connectivity index (χ3n) is 7.25. The summed E-state index contributed by atoms with van der Waals surface area (Å²) in [5.74, 6) is 0.902. The van der Waals surface area contributed by atoms with Crippen LogP contribution in [0.5, 0.6) is 5.75 Å². The monoisotopic (exact) mass is 489 g/mol. The van der Waals surface area contributed by atoms with Crippen LogP contribution in [0.25, 0.3) is 0 Å². The minimum absolute atomic E-state index is 0.260. The molecule has 1 atom stereocenters. The average Bonchev–Trinajstić information content (AvgIpc) is 2.86. The Morgan fingerprint density at radius 3 is 2.40 bits per heavy atom. The van der Waals surface area contributed by atoms with Crippen molar-refractivity contribution in [2.24, 2.45) is 0 Å². The smallest absolute Gasteiger partial charge is 0.416 e. The number of benzene rings is 2. The molecular formula is C27H34F3N3O2. The number of carbonyl (C=O) groups is 1. The van der Waals surface area contributed by atoms with Crippen molar-refractivity contribution < 1.29 is 22.7 Å². The van der Waals surface area contributed by atoms with Crippen LogP contribution in [0, 0.1) is 0 Å². The van der Waals surface area contributed by atoms with Gasteiger partial charge in [-0.05, 0) is 92.6 Å². The van der Waals surface area contributed by atoms with Gasteiger partial charge in [0.15, 0.2) is 0 Å². The molecule has 4 rings (SSSR count). The summed E-state index contributed by atoms with van der Waals surface area (Å²) in [5, 5.41) is 2.74. The fourth-order valence-electron chi connectivity index (χ4n) is 5.39. The van der Waals surface area contributed by atoms with Crippen LogP contribution < -0.4 is 10.1 Å². The van der Waals surface area contributed by atoms with E-state index in [-0.39, 0.29) is 6.03 Å². The zero-order valence-electron chi connectivity index (χ0n) is 20.4. The molecule has 2 aromatic rings. The molecule has 1 fully saturated rings. The van der Waals surface area contributed by atoms with Crippen molar-refractivity contribution in [3.63, 3.8) is 0 Å². The second kappa shape index (κ2) is 10.9. The van der Waals surface area contributed by atoms with Crippen LogP contribution in [0.4, 0.5) is 23.7 Å². The molecule has 1 aliphatic carbocycles. The van der Waals surface area contributed by atoms with Gasteiger partial charge in [0.25, 0.3) is 0 Å². The number of urea groups is 1. The molecule has 8 heteroatoms. The number of hydrogen-bond donors (Lipinski definition) is 1. The van der Waals surface area contributed by atoms with Gasteiger partial charge in [-0.3, -0.25) is 4.90 Å². The van der Waals surface area contributed by atoms with Gasteiger partial charge in [0.1, 0.15) is 5.75 Å². The maximum Gasteiger partial charge on any atom is 0.416 e. The number of likely N-dealkylation sites (tertiary alicyclic amines) is 1. The van der Waals surface area contributed by atoms with Gasteiger partial charge in [0, 0.05) is 30.9 Å². The number of halogens is 3. The van der Waals surface area contributed by atoms with E-state index in [1.807, 2.05) is 6.07 Å². The maximum absolute atomic E-state index is 12.8. The van der Waals surface area contributed by atoms with Crippen molar-refractivity contribution in [1.29, 1.82) is 0 Å². The molecule has 0 spiro atoms. The van der Waals surface area contributed by atoms with E-state index in [1.54, 1.807) is 12.0 Å². The molecule has 1 aliphatic heterocycles. The van der Waals surface area contributed by atoms with Crippen molar-refractivity contribution >= 4 is 11.7 Å². The van der Waals surface area contributed by atoms with E-state index in [4.69, 9.17) is 4.74 Å². The van der Waals surface area contributed by atoms with Gasteiger partial charge >= 0.3 is 12.2 Å². The standard InChI is InChI=1S/C27H34F3N3O2/c1-3-14-33(24-10-4-19-5-11-25(35-2)18-20(19)17-24)23-12-15-32(16-13-23)26(34)31-22-8-6-21(7-9-22)27(28,29)30/h5-9,11,18,23-24H,3-4,10,12-17H2,1-2H3,(H,31,34). The topological polar surface area (TPSA) is 44.8 Å². The first kappa shape index (κ1) is 25.4. The fourth-order valence-corrected chi connectivity index (χ4v) is 5.39. The third-order valence-corrected chi connectivity index (χ3v) is 7.25. The zero-order chi connectivity index (χ0) is 25.0. The lowest BCUT2D eigenvalue weighted by Gasteiger charge is -2.44. The van der Waals surface area contributed by atoms with Crippen LogP contribution in [0.1, 0.15) is 49.3 Å². The summed E-state index contributed by atoms with van der Waals surface area (Å²) in [4.78, 5) is 17.1. The zero-order valence-corrected chi connectivity index (χ0v) is 20.4. The van der Waals surface area contributed by atoms with E-state index in [2.05, 4.69) is 29.3 Å². The molecule has 2 aliphatic rings. The predicted molar refractivity (Wildman–Crippen MR) is 131 cm³/mol. The summed E-state index contributed by atoms with van der Waals surface area (Å²) in [6.45, 7) is 4.51. The van der Waals surface area contributed by atoms with Crippen molar-refractivity contribution in [1.82, 2.24) is 9.80 Å². The SMILES string of the molecule is CCCN(C1CCN(C(=O)Nc2ccc(C(F)(F)F)cc2)CC1)C1CCc2ccc(OC)cc2C1.